The molecule has 1 amide bonds. The van der Waals surface area contributed by atoms with Crippen molar-refractivity contribution in [2.45, 2.75) is 475 Å². The number of allylic oxidation sites excluding steroid dienone is 3. The number of aliphatic hydroxyl groups excluding tert-OH is 2. The Bertz CT molecular complexity index is 1380. The van der Waals surface area contributed by atoms with Crippen molar-refractivity contribution in [1.29, 1.82) is 0 Å². The summed E-state index contributed by atoms with van der Waals surface area (Å²) in [5, 5.41) is 23.3. The molecule has 2 atom stereocenters. The summed E-state index contributed by atoms with van der Waals surface area (Å²) in [6.45, 7) is 4.96. The van der Waals surface area contributed by atoms with Crippen LogP contribution in [0.15, 0.2) is 24.3 Å². The first-order valence-electron chi connectivity index (χ1n) is 40.6. The number of carbonyl (C=O) groups is 2. The predicted molar refractivity (Wildman–Crippen MR) is 389 cm³/mol. The number of aliphatic hydroxyl groups is 2. The summed E-state index contributed by atoms with van der Waals surface area (Å²) in [6.07, 6.45) is 100. The number of nitrogens with one attached hydrogen (secondary N) is 1. The van der Waals surface area contributed by atoms with E-state index in [0.29, 0.717) is 19.4 Å². The third kappa shape index (κ3) is 73.4. The maximum Gasteiger partial charge on any atom is 0.305 e. The van der Waals surface area contributed by atoms with Gasteiger partial charge in [-0.05, 0) is 57.8 Å². The van der Waals surface area contributed by atoms with Crippen LogP contribution in [0.4, 0.5) is 0 Å². The molecule has 0 aromatic heterocycles. The number of rotatable bonds is 77. The van der Waals surface area contributed by atoms with Crippen LogP contribution >= 0.6 is 0 Å². The molecule has 0 aromatic rings. The fraction of sp³-hybridized carbons (Fsp3) is 0.927. The van der Waals surface area contributed by atoms with Crippen molar-refractivity contribution >= 4 is 11.9 Å². The number of carbonyl (C=O) groups excluding carboxylic acids is 2. The fourth-order valence-electron chi connectivity index (χ4n) is 13.0. The van der Waals surface area contributed by atoms with Crippen LogP contribution in [-0.4, -0.2) is 47.4 Å². The van der Waals surface area contributed by atoms with Gasteiger partial charge in [0, 0.05) is 12.8 Å². The molecule has 0 radical (unpaired) electrons. The Morgan fingerprint density at radius 3 is 0.807 bits per heavy atom. The minimum atomic E-state index is -0.842. The molecule has 0 rings (SSSR count). The van der Waals surface area contributed by atoms with Crippen LogP contribution in [0.1, 0.15) is 463 Å². The monoisotopic (exact) mass is 1240 g/mol. The molecule has 2 unspecified atom stereocenters. The highest BCUT2D eigenvalue weighted by atomic mass is 16.5. The number of esters is 1. The molecule has 0 aliphatic rings. The summed E-state index contributed by atoms with van der Waals surface area (Å²) >= 11 is 0. The Balaban J connectivity index is 3.34. The Labute approximate surface area is 551 Å². The van der Waals surface area contributed by atoms with Crippen LogP contribution in [0.25, 0.3) is 0 Å². The first-order valence-corrected chi connectivity index (χ1v) is 40.6. The lowest BCUT2D eigenvalue weighted by atomic mass is 10.0. The quantitative estimate of drug-likeness (QED) is 0.0320. The van der Waals surface area contributed by atoms with E-state index in [1.807, 2.05) is 6.08 Å². The lowest BCUT2D eigenvalue weighted by Crippen LogP contribution is -2.45. The Morgan fingerprint density at radius 1 is 0.307 bits per heavy atom. The lowest BCUT2D eigenvalue weighted by molar-refractivity contribution is -0.143. The van der Waals surface area contributed by atoms with Crippen molar-refractivity contribution in [3.63, 3.8) is 0 Å². The van der Waals surface area contributed by atoms with E-state index in [4.69, 9.17) is 4.74 Å². The first kappa shape index (κ1) is 86.3. The zero-order chi connectivity index (χ0) is 63.5. The van der Waals surface area contributed by atoms with Crippen molar-refractivity contribution in [2.75, 3.05) is 13.2 Å². The summed E-state index contributed by atoms with van der Waals surface area (Å²) in [7, 11) is 0. The van der Waals surface area contributed by atoms with Gasteiger partial charge in [0.15, 0.2) is 0 Å². The first-order chi connectivity index (χ1) is 43.5. The van der Waals surface area contributed by atoms with Crippen LogP contribution in [0.2, 0.25) is 0 Å². The van der Waals surface area contributed by atoms with Crippen LogP contribution in [0, 0.1) is 0 Å². The van der Waals surface area contributed by atoms with E-state index < -0.39 is 12.1 Å². The zero-order valence-electron chi connectivity index (χ0n) is 60.0. The van der Waals surface area contributed by atoms with Gasteiger partial charge in [-0.3, -0.25) is 9.59 Å². The van der Waals surface area contributed by atoms with E-state index in [-0.39, 0.29) is 18.5 Å². The second-order valence-electron chi connectivity index (χ2n) is 28.1. The topological polar surface area (TPSA) is 95.9 Å². The molecule has 6 nitrogen and oxygen atoms in total. The number of unbranched alkanes of at least 4 members (excludes halogenated alkanes) is 64. The summed E-state index contributed by atoms with van der Waals surface area (Å²) in [4.78, 5) is 24.6. The SMILES string of the molecule is CCCCCCCCCCCCCCCCCCCC/C=C/C(O)C(CO)NC(=O)CCCCCCCCCCCCCCCCCCC/C=C\CCCCCCCCCCCCCCCCCCOC(=O)CCCCCCCCCCCCCCCC. The average Bonchev–Trinajstić information content (AvgIpc) is 3.58. The van der Waals surface area contributed by atoms with Gasteiger partial charge in [0.1, 0.15) is 0 Å². The smallest absolute Gasteiger partial charge is 0.305 e. The number of ether oxygens (including phenoxy) is 1. The molecule has 88 heavy (non-hydrogen) atoms. The minimum absolute atomic E-state index is 0.0245. The molecule has 0 spiro atoms. The highest BCUT2D eigenvalue weighted by Gasteiger charge is 2.18. The van der Waals surface area contributed by atoms with Crippen LogP contribution in [-0.2, 0) is 14.3 Å². The van der Waals surface area contributed by atoms with Crippen molar-refractivity contribution in [1.82, 2.24) is 5.32 Å². The third-order valence-corrected chi connectivity index (χ3v) is 19.2. The summed E-state index contributed by atoms with van der Waals surface area (Å²) < 4.78 is 5.50. The Morgan fingerprint density at radius 2 is 0.534 bits per heavy atom. The molecular formula is C82H159NO5. The lowest BCUT2D eigenvalue weighted by Gasteiger charge is -2.20. The van der Waals surface area contributed by atoms with E-state index in [1.54, 1.807) is 6.08 Å². The van der Waals surface area contributed by atoms with Gasteiger partial charge in [0.25, 0.3) is 0 Å². The maximum absolute atomic E-state index is 12.5. The van der Waals surface area contributed by atoms with Gasteiger partial charge in [-0.25, -0.2) is 0 Å². The summed E-state index contributed by atoms with van der Waals surface area (Å²) in [5.41, 5.74) is 0. The van der Waals surface area contributed by atoms with Crippen molar-refractivity contribution in [2.24, 2.45) is 0 Å². The van der Waals surface area contributed by atoms with Crippen molar-refractivity contribution < 1.29 is 24.5 Å². The molecule has 3 N–H and O–H groups in total. The molecule has 0 aromatic carbocycles. The predicted octanol–water partition coefficient (Wildman–Crippen LogP) is 26.8. The fourth-order valence-corrected chi connectivity index (χ4v) is 13.0. The molecule has 0 fully saturated rings. The second kappa shape index (κ2) is 77.8. The van der Waals surface area contributed by atoms with Crippen LogP contribution in [0.5, 0.6) is 0 Å². The number of amides is 1. The Kier molecular flexibility index (Phi) is 76.3. The largest absolute Gasteiger partial charge is 0.466 e. The standard InChI is InChI=1S/C82H159NO5/c1-3-5-7-9-11-13-15-17-19-20-21-41-44-47-50-54-58-62-66-70-74-80(85)79(78-84)83-81(86)75-71-67-63-59-55-51-48-45-42-39-37-35-33-31-29-27-25-23-22-24-26-28-30-32-34-36-38-40-43-46-49-53-57-61-65-69-73-77-88-82(87)76-72-68-64-60-56-52-18-16-14-12-10-8-6-4-2/h22,24,70,74,79-80,84-85H,3-21,23,25-69,71-73,75-78H2,1-2H3,(H,83,86)/b24-22-,74-70+. The van der Waals surface area contributed by atoms with Gasteiger partial charge in [-0.2, -0.15) is 0 Å². The van der Waals surface area contributed by atoms with Crippen LogP contribution in [0.3, 0.4) is 0 Å². The third-order valence-electron chi connectivity index (χ3n) is 19.2. The van der Waals surface area contributed by atoms with E-state index >= 15 is 0 Å². The average molecular weight is 1240 g/mol. The number of hydrogen-bond donors (Lipinski definition) is 3. The van der Waals surface area contributed by atoms with Crippen LogP contribution < -0.4 is 5.32 Å². The summed E-state index contributed by atoms with van der Waals surface area (Å²) in [5.74, 6) is -0.0348. The summed E-state index contributed by atoms with van der Waals surface area (Å²) in [6, 6.07) is -0.625. The van der Waals surface area contributed by atoms with Crippen molar-refractivity contribution in [3.8, 4) is 0 Å². The molecule has 0 aliphatic heterocycles. The van der Waals surface area contributed by atoms with Gasteiger partial charge in [0.05, 0.1) is 25.4 Å². The second-order valence-corrected chi connectivity index (χ2v) is 28.1. The van der Waals surface area contributed by atoms with E-state index in [9.17, 15) is 19.8 Å². The van der Waals surface area contributed by atoms with E-state index in [0.717, 1.165) is 38.5 Å². The molecular weight excluding hydrogens is 1080 g/mol. The maximum atomic E-state index is 12.5. The highest BCUT2D eigenvalue weighted by molar-refractivity contribution is 5.76. The zero-order valence-corrected chi connectivity index (χ0v) is 60.0. The van der Waals surface area contributed by atoms with Crippen molar-refractivity contribution in [3.05, 3.63) is 24.3 Å². The molecule has 0 bridgehead atoms. The minimum Gasteiger partial charge on any atom is -0.466 e. The molecule has 6 heteroatoms. The molecule has 0 saturated carbocycles. The number of hydrogen-bond acceptors (Lipinski definition) is 5. The molecule has 0 saturated heterocycles. The van der Waals surface area contributed by atoms with Gasteiger partial charge in [-0.1, -0.05) is 417 Å². The normalized spacial score (nSPS) is 12.5. The van der Waals surface area contributed by atoms with Gasteiger partial charge < -0.3 is 20.3 Å². The molecule has 0 aliphatic carbocycles. The van der Waals surface area contributed by atoms with Gasteiger partial charge in [-0.15, -0.1) is 0 Å². The van der Waals surface area contributed by atoms with E-state index in [1.165, 1.54) is 398 Å². The molecule has 522 valence electrons. The Hall–Kier alpha value is -1.66. The van der Waals surface area contributed by atoms with E-state index in [2.05, 4.69) is 31.3 Å². The van der Waals surface area contributed by atoms with Gasteiger partial charge >= 0.3 is 5.97 Å². The highest BCUT2D eigenvalue weighted by Crippen LogP contribution is 2.20. The van der Waals surface area contributed by atoms with Gasteiger partial charge in [0.2, 0.25) is 5.91 Å². The molecule has 0 heterocycles.